The lowest BCUT2D eigenvalue weighted by Crippen LogP contribution is -2.12. The molecule has 0 bridgehead atoms. The van der Waals surface area contributed by atoms with Gasteiger partial charge in [-0.2, -0.15) is 0 Å². The second kappa shape index (κ2) is 5.64. The van der Waals surface area contributed by atoms with E-state index in [4.69, 9.17) is 11.6 Å². The van der Waals surface area contributed by atoms with Crippen LogP contribution in [0.5, 0.6) is 0 Å². The van der Waals surface area contributed by atoms with Crippen molar-refractivity contribution >= 4 is 49.9 Å². The van der Waals surface area contributed by atoms with Gasteiger partial charge in [0.05, 0.1) is 15.6 Å². The van der Waals surface area contributed by atoms with Gasteiger partial charge in [-0.05, 0) is 65.1 Å². The fraction of sp³-hybridized carbons (Fsp3) is 0. The van der Waals surface area contributed by atoms with Gasteiger partial charge in [0.1, 0.15) is 5.82 Å². The molecule has 2 aromatic carbocycles. The van der Waals surface area contributed by atoms with Gasteiger partial charge in [0.25, 0.3) is 10.0 Å². The minimum atomic E-state index is -3.69. The van der Waals surface area contributed by atoms with E-state index in [1.54, 1.807) is 12.1 Å². The molecule has 19 heavy (non-hydrogen) atoms. The Morgan fingerprint density at radius 2 is 1.74 bits per heavy atom. The summed E-state index contributed by atoms with van der Waals surface area (Å²) in [5, 5.41) is -0.136. The summed E-state index contributed by atoms with van der Waals surface area (Å²) in [6, 6.07) is 10.0. The number of hydrogen-bond acceptors (Lipinski definition) is 2. The van der Waals surface area contributed by atoms with Gasteiger partial charge in [-0.15, -0.1) is 0 Å². The second-order valence-corrected chi connectivity index (χ2v) is 7.02. The van der Waals surface area contributed by atoms with E-state index in [1.165, 1.54) is 24.3 Å². The molecule has 0 spiro atoms. The zero-order valence-electron chi connectivity index (χ0n) is 9.40. The summed E-state index contributed by atoms with van der Waals surface area (Å²) in [5.41, 5.74) is 0.213. The lowest BCUT2D eigenvalue weighted by Gasteiger charge is -2.08. The van der Waals surface area contributed by atoms with E-state index in [9.17, 15) is 12.8 Å². The number of anilines is 1. The number of hydrogen-bond donors (Lipinski definition) is 1. The molecule has 1 N–H and O–H groups in total. The molecule has 0 fully saturated rings. The van der Waals surface area contributed by atoms with E-state index in [0.717, 1.165) is 9.64 Å². The van der Waals surface area contributed by atoms with Crippen LogP contribution in [0.1, 0.15) is 0 Å². The summed E-state index contributed by atoms with van der Waals surface area (Å²) >= 11 is 7.68. The summed E-state index contributed by atoms with van der Waals surface area (Å²) in [4.78, 5) is 0.133. The highest BCUT2D eigenvalue weighted by molar-refractivity contribution is 14.1. The Balaban J connectivity index is 2.30. The number of nitrogens with one attached hydrogen (secondary N) is 1. The van der Waals surface area contributed by atoms with Crippen molar-refractivity contribution in [2.75, 3.05) is 4.72 Å². The molecule has 0 atom stereocenters. The molecule has 0 saturated carbocycles. The predicted molar refractivity (Wildman–Crippen MR) is 81.4 cm³/mol. The maximum Gasteiger partial charge on any atom is 0.261 e. The number of halogens is 3. The highest BCUT2D eigenvalue weighted by Crippen LogP contribution is 2.22. The van der Waals surface area contributed by atoms with Crippen molar-refractivity contribution in [2.45, 2.75) is 4.90 Å². The molecule has 0 saturated heterocycles. The van der Waals surface area contributed by atoms with E-state index < -0.39 is 15.8 Å². The lowest BCUT2D eigenvalue weighted by atomic mass is 10.3. The molecule has 0 aliphatic heterocycles. The van der Waals surface area contributed by atoms with Crippen molar-refractivity contribution in [3.8, 4) is 0 Å². The highest BCUT2D eigenvalue weighted by Gasteiger charge is 2.14. The largest absolute Gasteiger partial charge is 0.280 e. The minimum absolute atomic E-state index is 0.133. The molecular weight excluding hydrogens is 404 g/mol. The zero-order valence-corrected chi connectivity index (χ0v) is 13.1. The average Bonchev–Trinajstić information content (AvgIpc) is 2.34. The van der Waals surface area contributed by atoms with Gasteiger partial charge < -0.3 is 0 Å². The van der Waals surface area contributed by atoms with Crippen LogP contribution in [0.2, 0.25) is 5.02 Å². The summed E-state index contributed by atoms with van der Waals surface area (Å²) in [6.45, 7) is 0. The smallest absolute Gasteiger partial charge is 0.261 e. The van der Waals surface area contributed by atoms with Crippen LogP contribution in [0.4, 0.5) is 10.1 Å². The summed E-state index contributed by atoms with van der Waals surface area (Å²) < 4.78 is 40.4. The van der Waals surface area contributed by atoms with Crippen LogP contribution in [0.15, 0.2) is 47.4 Å². The van der Waals surface area contributed by atoms with E-state index >= 15 is 0 Å². The van der Waals surface area contributed by atoms with Crippen LogP contribution >= 0.6 is 34.2 Å². The van der Waals surface area contributed by atoms with Gasteiger partial charge in [0, 0.05) is 3.57 Å². The van der Waals surface area contributed by atoms with Crippen LogP contribution in [0.3, 0.4) is 0 Å². The van der Waals surface area contributed by atoms with Crippen molar-refractivity contribution in [1.29, 1.82) is 0 Å². The van der Waals surface area contributed by atoms with E-state index in [-0.39, 0.29) is 15.6 Å². The van der Waals surface area contributed by atoms with Gasteiger partial charge in [-0.25, -0.2) is 12.8 Å². The first-order valence-corrected chi connectivity index (χ1v) is 8.06. The lowest BCUT2D eigenvalue weighted by molar-refractivity contribution is 0.601. The van der Waals surface area contributed by atoms with E-state index in [1.807, 2.05) is 0 Å². The molecule has 2 rings (SSSR count). The third kappa shape index (κ3) is 3.58. The van der Waals surface area contributed by atoms with Gasteiger partial charge >= 0.3 is 0 Å². The summed E-state index contributed by atoms with van der Waals surface area (Å²) in [5.74, 6) is -0.598. The van der Waals surface area contributed by atoms with Gasteiger partial charge in [-0.3, -0.25) is 4.72 Å². The molecule has 0 radical (unpaired) electrons. The topological polar surface area (TPSA) is 46.2 Å². The molecule has 0 unspecified atom stereocenters. The van der Waals surface area contributed by atoms with Crippen LogP contribution in [-0.2, 0) is 10.0 Å². The van der Waals surface area contributed by atoms with Gasteiger partial charge in [-0.1, -0.05) is 11.6 Å². The molecule has 0 aliphatic rings. The van der Waals surface area contributed by atoms with Crippen molar-refractivity contribution in [1.82, 2.24) is 0 Å². The molecule has 100 valence electrons. The molecule has 2 aromatic rings. The third-order valence-electron chi connectivity index (χ3n) is 2.30. The van der Waals surface area contributed by atoms with Crippen LogP contribution in [-0.4, -0.2) is 8.42 Å². The Bertz CT molecular complexity index is 704. The normalized spacial score (nSPS) is 11.3. The average molecular weight is 412 g/mol. The molecule has 0 heterocycles. The van der Waals surface area contributed by atoms with Crippen molar-refractivity contribution in [3.63, 3.8) is 0 Å². The van der Waals surface area contributed by atoms with Crippen LogP contribution in [0, 0.1) is 9.39 Å². The van der Waals surface area contributed by atoms with Gasteiger partial charge in [0.15, 0.2) is 0 Å². The number of benzene rings is 2. The summed E-state index contributed by atoms with van der Waals surface area (Å²) in [6.07, 6.45) is 0. The van der Waals surface area contributed by atoms with Crippen molar-refractivity contribution in [2.24, 2.45) is 0 Å². The van der Waals surface area contributed by atoms with Gasteiger partial charge in [0.2, 0.25) is 0 Å². The maximum absolute atomic E-state index is 13.0. The fourth-order valence-electron chi connectivity index (χ4n) is 1.39. The predicted octanol–water partition coefficient (Wildman–Crippen LogP) is 3.88. The first-order valence-electron chi connectivity index (χ1n) is 5.12. The molecule has 0 amide bonds. The monoisotopic (exact) mass is 411 g/mol. The standard InChI is InChI=1S/C12H8ClFINO2S/c13-11-7-9(3-6-12(11)14)16-19(17,18)10-4-1-8(15)2-5-10/h1-7,16H. The zero-order chi connectivity index (χ0) is 14.0. The minimum Gasteiger partial charge on any atom is -0.280 e. The molecule has 7 heteroatoms. The molecular formula is C12H8ClFINO2S. The molecule has 0 aliphatic carbocycles. The Morgan fingerprint density at radius 1 is 1.11 bits per heavy atom. The van der Waals surface area contributed by atoms with E-state index in [2.05, 4.69) is 27.3 Å². The van der Waals surface area contributed by atoms with Crippen LogP contribution in [0.25, 0.3) is 0 Å². The SMILES string of the molecule is O=S(=O)(Nc1ccc(F)c(Cl)c1)c1ccc(I)cc1. The highest BCUT2D eigenvalue weighted by atomic mass is 127. The first-order chi connectivity index (χ1) is 8.88. The fourth-order valence-corrected chi connectivity index (χ4v) is 2.98. The molecule has 3 nitrogen and oxygen atoms in total. The quantitative estimate of drug-likeness (QED) is 0.779. The summed E-state index contributed by atoms with van der Waals surface area (Å²) in [7, 11) is -3.69. The Hall–Kier alpha value is -0.860. The maximum atomic E-state index is 13.0. The second-order valence-electron chi connectivity index (χ2n) is 3.69. The number of rotatable bonds is 3. The Labute approximate surface area is 129 Å². The van der Waals surface area contributed by atoms with Crippen molar-refractivity contribution in [3.05, 3.63) is 56.9 Å². The Kier molecular flexibility index (Phi) is 4.32. The molecule has 0 aromatic heterocycles. The van der Waals surface area contributed by atoms with Crippen molar-refractivity contribution < 1.29 is 12.8 Å². The third-order valence-corrected chi connectivity index (χ3v) is 4.70. The Morgan fingerprint density at radius 3 is 2.32 bits per heavy atom. The first kappa shape index (κ1) is 14.5. The van der Waals surface area contributed by atoms with E-state index in [0.29, 0.717) is 0 Å². The number of sulfonamides is 1. The van der Waals surface area contributed by atoms with Crippen LogP contribution < -0.4 is 4.72 Å².